The number of benzene rings is 2. The molecule has 1 aliphatic rings. The van der Waals surface area contributed by atoms with Crippen molar-refractivity contribution in [3.63, 3.8) is 0 Å². The summed E-state index contributed by atoms with van der Waals surface area (Å²) in [6, 6.07) is 21.0. The maximum Gasteiger partial charge on any atom is 0.189 e. The van der Waals surface area contributed by atoms with Crippen molar-refractivity contribution in [2.75, 3.05) is 0 Å². The molecule has 0 unspecified atom stereocenters. The Labute approximate surface area is 122 Å². The van der Waals surface area contributed by atoms with Crippen LogP contribution in [0.1, 0.15) is 23.7 Å². The first-order valence-electron chi connectivity index (χ1n) is 6.99. The molecule has 0 spiro atoms. The molecule has 20 heavy (non-hydrogen) atoms. The van der Waals surface area contributed by atoms with E-state index in [2.05, 4.69) is 66.8 Å². The molecule has 0 fully saturated rings. The second kappa shape index (κ2) is 6.50. The van der Waals surface area contributed by atoms with Gasteiger partial charge in [0, 0.05) is 0 Å². The Morgan fingerprint density at radius 1 is 0.850 bits per heavy atom. The minimum Gasteiger partial charge on any atom is -0.408 e. The van der Waals surface area contributed by atoms with Gasteiger partial charge in [-0.05, 0) is 17.5 Å². The summed E-state index contributed by atoms with van der Waals surface area (Å²) in [6.07, 6.45) is 7.67. The van der Waals surface area contributed by atoms with Crippen LogP contribution >= 0.6 is 0 Å². The smallest absolute Gasteiger partial charge is 0.189 e. The summed E-state index contributed by atoms with van der Waals surface area (Å²) >= 11 is 0. The zero-order chi connectivity index (χ0) is 13.6. The number of rotatable bonds is 5. The summed E-state index contributed by atoms with van der Waals surface area (Å²) in [5, 5.41) is 1.47. The molecule has 0 aromatic heterocycles. The van der Waals surface area contributed by atoms with Crippen molar-refractivity contribution in [3.05, 3.63) is 95.2 Å². The van der Waals surface area contributed by atoms with Crippen LogP contribution in [0.2, 0.25) is 0 Å². The number of hydrogen-bond donors (Lipinski definition) is 0. The van der Waals surface area contributed by atoms with Crippen molar-refractivity contribution in [3.8, 4) is 0 Å². The van der Waals surface area contributed by atoms with Crippen LogP contribution in [0.5, 0.6) is 0 Å². The first-order valence-corrected chi connectivity index (χ1v) is 8.28. The van der Waals surface area contributed by atoms with Crippen LogP contribution in [-0.2, 0) is 4.43 Å². The highest BCUT2D eigenvalue weighted by Crippen LogP contribution is 2.26. The third-order valence-corrected chi connectivity index (χ3v) is 4.88. The van der Waals surface area contributed by atoms with Gasteiger partial charge in [-0.25, -0.2) is 0 Å². The van der Waals surface area contributed by atoms with Gasteiger partial charge in [-0.15, -0.1) is 0 Å². The largest absolute Gasteiger partial charge is 0.408 e. The SMILES string of the molecule is C1=CCC([SiH2]OC(c2ccccc2)c2ccccc2)=C1. The van der Waals surface area contributed by atoms with Crippen LogP contribution in [0.15, 0.2) is 84.1 Å². The minimum absolute atomic E-state index is 0.0607. The summed E-state index contributed by atoms with van der Waals surface area (Å²) in [5.74, 6) is 0. The van der Waals surface area contributed by atoms with E-state index >= 15 is 0 Å². The number of hydrogen-bond acceptors (Lipinski definition) is 1. The first-order chi connectivity index (χ1) is 9.93. The average Bonchev–Trinajstić information content (AvgIpc) is 3.03. The van der Waals surface area contributed by atoms with Crippen molar-refractivity contribution >= 4 is 9.76 Å². The van der Waals surface area contributed by atoms with Gasteiger partial charge in [-0.2, -0.15) is 0 Å². The molecule has 100 valence electrons. The predicted molar refractivity (Wildman–Crippen MR) is 86.2 cm³/mol. The topological polar surface area (TPSA) is 9.23 Å². The molecule has 0 radical (unpaired) electrons. The molecule has 2 aromatic rings. The summed E-state index contributed by atoms with van der Waals surface area (Å²) in [5.41, 5.74) is 2.47. The Balaban J connectivity index is 1.80. The van der Waals surface area contributed by atoms with Gasteiger partial charge in [0.25, 0.3) is 0 Å². The van der Waals surface area contributed by atoms with Gasteiger partial charge in [0.1, 0.15) is 0 Å². The van der Waals surface area contributed by atoms with E-state index in [4.69, 9.17) is 4.43 Å². The molecule has 1 nitrogen and oxygen atoms in total. The highest BCUT2D eigenvalue weighted by Gasteiger charge is 2.15. The van der Waals surface area contributed by atoms with Crippen LogP contribution in [0.25, 0.3) is 0 Å². The van der Waals surface area contributed by atoms with Gasteiger partial charge in [0.05, 0.1) is 6.10 Å². The predicted octanol–water partition coefficient (Wildman–Crippen LogP) is 3.72. The molecule has 1 aliphatic carbocycles. The van der Waals surface area contributed by atoms with E-state index in [0.29, 0.717) is 0 Å². The fourth-order valence-corrected chi connectivity index (χ4v) is 3.71. The molecule has 0 heterocycles. The minimum atomic E-state index is -0.649. The summed E-state index contributed by atoms with van der Waals surface area (Å²) in [4.78, 5) is 0. The van der Waals surface area contributed by atoms with Gasteiger partial charge in [-0.1, -0.05) is 84.1 Å². The first kappa shape index (κ1) is 13.1. The Bertz CT molecular complexity index is 562. The van der Waals surface area contributed by atoms with Gasteiger partial charge in [0.15, 0.2) is 9.76 Å². The molecule has 0 amide bonds. The molecule has 0 aliphatic heterocycles. The van der Waals surface area contributed by atoms with Crippen molar-refractivity contribution in [2.45, 2.75) is 12.5 Å². The van der Waals surface area contributed by atoms with E-state index in [-0.39, 0.29) is 6.10 Å². The molecule has 0 atom stereocenters. The van der Waals surface area contributed by atoms with E-state index in [0.717, 1.165) is 6.42 Å². The van der Waals surface area contributed by atoms with E-state index in [1.54, 1.807) is 0 Å². The van der Waals surface area contributed by atoms with E-state index in [1.807, 2.05) is 12.1 Å². The second-order valence-corrected chi connectivity index (χ2v) is 6.50. The van der Waals surface area contributed by atoms with Crippen LogP contribution in [0, 0.1) is 0 Å². The van der Waals surface area contributed by atoms with Gasteiger partial charge < -0.3 is 4.43 Å². The maximum atomic E-state index is 6.33. The lowest BCUT2D eigenvalue weighted by Gasteiger charge is -2.19. The third-order valence-electron chi connectivity index (χ3n) is 3.49. The third kappa shape index (κ3) is 3.16. The summed E-state index contributed by atoms with van der Waals surface area (Å²) in [6.45, 7) is 0. The molecular weight excluding hydrogens is 260 g/mol. The monoisotopic (exact) mass is 278 g/mol. The number of allylic oxidation sites excluding steroid dienone is 4. The van der Waals surface area contributed by atoms with Crippen molar-refractivity contribution in [2.24, 2.45) is 0 Å². The zero-order valence-electron chi connectivity index (χ0n) is 11.4. The van der Waals surface area contributed by atoms with E-state index in [9.17, 15) is 0 Å². The molecule has 0 N–H and O–H groups in total. The highest BCUT2D eigenvalue weighted by molar-refractivity contribution is 6.38. The van der Waals surface area contributed by atoms with Gasteiger partial charge >= 0.3 is 0 Å². The summed E-state index contributed by atoms with van der Waals surface area (Å²) in [7, 11) is -0.649. The van der Waals surface area contributed by atoms with Crippen molar-refractivity contribution in [1.29, 1.82) is 0 Å². The fraction of sp³-hybridized carbons (Fsp3) is 0.111. The lowest BCUT2D eigenvalue weighted by Crippen LogP contribution is -2.11. The Kier molecular flexibility index (Phi) is 4.26. The quantitative estimate of drug-likeness (QED) is 0.757. The standard InChI is InChI=1S/C18H18OSi/c1-3-9-15(10-4-1)18(16-11-5-2-6-12-16)19-20-17-13-7-8-14-17/h1-13,18H,14,20H2. The Morgan fingerprint density at radius 3 is 1.95 bits per heavy atom. The van der Waals surface area contributed by atoms with Gasteiger partial charge in [0.2, 0.25) is 0 Å². The normalized spacial score (nSPS) is 14.3. The Hall–Kier alpha value is -1.90. The van der Waals surface area contributed by atoms with Crippen LogP contribution < -0.4 is 0 Å². The van der Waals surface area contributed by atoms with Crippen LogP contribution in [0.3, 0.4) is 0 Å². The fourth-order valence-electron chi connectivity index (χ4n) is 2.43. The summed E-state index contributed by atoms with van der Waals surface area (Å²) < 4.78 is 6.33. The lowest BCUT2D eigenvalue weighted by atomic mass is 10.0. The average molecular weight is 278 g/mol. The molecule has 0 saturated carbocycles. The van der Waals surface area contributed by atoms with Gasteiger partial charge in [-0.3, -0.25) is 0 Å². The highest BCUT2D eigenvalue weighted by atomic mass is 28.2. The zero-order valence-corrected chi connectivity index (χ0v) is 12.8. The van der Waals surface area contributed by atoms with Crippen molar-refractivity contribution in [1.82, 2.24) is 0 Å². The van der Waals surface area contributed by atoms with Crippen LogP contribution in [-0.4, -0.2) is 9.76 Å². The van der Waals surface area contributed by atoms with Crippen molar-refractivity contribution < 1.29 is 4.43 Å². The maximum absolute atomic E-state index is 6.33. The molecule has 2 aromatic carbocycles. The molecular formula is C18H18OSi. The molecule has 0 saturated heterocycles. The lowest BCUT2D eigenvalue weighted by molar-refractivity contribution is 0.264. The van der Waals surface area contributed by atoms with Crippen LogP contribution in [0.4, 0.5) is 0 Å². The molecule has 2 heteroatoms. The van der Waals surface area contributed by atoms with E-state index < -0.39 is 9.76 Å². The molecule has 0 bridgehead atoms. The van der Waals surface area contributed by atoms with E-state index in [1.165, 1.54) is 16.3 Å². The molecule has 3 rings (SSSR count). The Morgan fingerprint density at radius 2 is 1.45 bits per heavy atom. The second-order valence-electron chi connectivity index (χ2n) is 4.97.